The average Bonchev–Trinajstić information content (AvgIpc) is 3.05. The van der Waals surface area contributed by atoms with Crippen LogP contribution in [0.15, 0.2) is 50.5 Å². The second kappa shape index (κ2) is 6.91. The molecule has 2 aromatic carbocycles. The van der Waals surface area contributed by atoms with E-state index in [-0.39, 0.29) is 5.02 Å². The molecule has 0 radical (unpaired) electrons. The first-order valence-electron chi connectivity index (χ1n) is 8.39. The van der Waals surface area contributed by atoms with Crippen LogP contribution in [0, 0.1) is 0 Å². The van der Waals surface area contributed by atoms with E-state index in [1.807, 2.05) is 12.1 Å². The topological polar surface area (TPSA) is 30.2 Å². The lowest BCUT2D eigenvalue weighted by atomic mass is 10.0. The fourth-order valence-corrected chi connectivity index (χ4v) is 4.54. The Labute approximate surface area is 162 Å². The summed E-state index contributed by atoms with van der Waals surface area (Å²) in [5, 5.41) is 0.515. The maximum atomic E-state index is 13.0. The van der Waals surface area contributed by atoms with E-state index in [1.165, 1.54) is 35.0 Å². The van der Waals surface area contributed by atoms with E-state index >= 15 is 0 Å². The Morgan fingerprint density at radius 1 is 1.07 bits per heavy atom. The molecule has 0 saturated carbocycles. The van der Waals surface area contributed by atoms with Crippen molar-refractivity contribution in [1.29, 1.82) is 0 Å². The van der Waals surface area contributed by atoms with Crippen molar-refractivity contribution in [3.05, 3.63) is 74.1 Å². The van der Waals surface area contributed by atoms with Gasteiger partial charge >= 0.3 is 11.8 Å². The molecule has 0 amide bonds. The Bertz CT molecular complexity index is 1090. The molecule has 2 nitrogen and oxygen atoms in total. The summed E-state index contributed by atoms with van der Waals surface area (Å²) in [5.74, 6) is 0.361. The lowest BCUT2D eigenvalue weighted by molar-refractivity contribution is -0.137. The molecule has 1 heterocycles. The highest BCUT2D eigenvalue weighted by Crippen LogP contribution is 2.38. The van der Waals surface area contributed by atoms with Gasteiger partial charge in [-0.1, -0.05) is 11.6 Å². The summed E-state index contributed by atoms with van der Waals surface area (Å²) in [6.07, 6.45) is -1.47. The van der Waals surface area contributed by atoms with Gasteiger partial charge in [0.15, 0.2) is 0 Å². The number of alkyl halides is 3. The lowest BCUT2D eigenvalue weighted by Crippen LogP contribution is -2.05. The highest BCUT2D eigenvalue weighted by Gasteiger charge is 2.33. The molecule has 27 heavy (non-hydrogen) atoms. The molecule has 1 aromatic heterocycles. The fourth-order valence-electron chi connectivity index (χ4n) is 3.39. The molecule has 0 saturated heterocycles. The van der Waals surface area contributed by atoms with Crippen molar-refractivity contribution >= 4 is 34.3 Å². The smallest absolute Gasteiger partial charge is 0.417 e. The summed E-state index contributed by atoms with van der Waals surface area (Å²) in [4.78, 5) is 12.3. The Morgan fingerprint density at radius 2 is 1.81 bits per heavy atom. The van der Waals surface area contributed by atoms with Crippen molar-refractivity contribution in [2.75, 3.05) is 0 Å². The zero-order valence-corrected chi connectivity index (χ0v) is 15.6. The largest absolute Gasteiger partial charge is 0.423 e. The van der Waals surface area contributed by atoms with Crippen molar-refractivity contribution in [3.8, 4) is 0 Å². The number of halogens is 4. The summed E-state index contributed by atoms with van der Waals surface area (Å²) < 4.78 is 44.4. The quantitative estimate of drug-likeness (QED) is 0.378. The van der Waals surface area contributed by atoms with Crippen molar-refractivity contribution in [1.82, 2.24) is 0 Å². The van der Waals surface area contributed by atoms with Gasteiger partial charge in [-0.25, -0.2) is 4.79 Å². The number of hydrogen-bond donors (Lipinski definition) is 0. The number of fused-ring (bicyclic) bond motifs is 2. The minimum Gasteiger partial charge on any atom is -0.423 e. The first-order chi connectivity index (χ1) is 12.8. The maximum absolute atomic E-state index is 13.0. The van der Waals surface area contributed by atoms with Crippen molar-refractivity contribution in [2.24, 2.45) is 0 Å². The van der Waals surface area contributed by atoms with Crippen LogP contribution in [0.2, 0.25) is 5.02 Å². The summed E-state index contributed by atoms with van der Waals surface area (Å²) in [7, 11) is 0. The molecule has 0 N–H and O–H groups in total. The predicted octanol–water partition coefficient (Wildman–Crippen LogP) is 6.25. The molecule has 0 atom stereocenters. The summed E-state index contributed by atoms with van der Waals surface area (Å²) in [6.45, 7) is 0. The van der Waals surface area contributed by atoms with Crippen molar-refractivity contribution < 1.29 is 17.6 Å². The summed E-state index contributed by atoms with van der Waals surface area (Å²) >= 11 is 6.90. The fraction of sp³-hybridized carbons (Fsp3) is 0.250. The first-order valence-corrected chi connectivity index (χ1v) is 9.76. The monoisotopic (exact) mass is 410 g/mol. The lowest BCUT2D eigenvalue weighted by Gasteiger charge is -2.11. The van der Waals surface area contributed by atoms with Gasteiger partial charge in [0.2, 0.25) is 0 Å². The van der Waals surface area contributed by atoms with Gasteiger partial charge in [-0.15, -0.1) is 11.8 Å². The van der Waals surface area contributed by atoms with Gasteiger partial charge < -0.3 is 4.42 Å². The second-order valence-corrected chi connectivity index (χ2v) is 7.95. The zero-order valence-electron chi connectivity index (χ0n) is 14.0. The van der Waals surface area contributed by atoms with E-state index in [1.54, 1.807) is 6.07 Å². The Hall–Kier alpha value is -1.92. The van der Waals surface area contributed by atoms with Gasteiger partial charge in [0.05, 0.1) is 10.6 Å². The van der Waals surface area contributed by atoms with E-state index in [4.69, 9.17) is 16.0 Å². The van der Waals surface area contributed by atoms with E-state index < -0.39 is 17.4 Å². The van der Waals surface area contributed by atoms with Gasteiger partial charge in [-0.05, 0) is 66.3 Å². The van der Waals surface area contributed by atoms with Crippen molar-refractivity contribution in [2.45, 2.75) is 36.1 Å². The molecule has 0 aliphatic heterocycles. The minimum atomic E-state index is -4.51. The minimum absolute atomic E-state index is 0.326. The maximum Gasteiger partial charge on any atom is 0.417 e. The standard InChI is InChI=1S/C20H14ClF3O2S/c21-17-5-4-14(9-16(17)20(22,23)24)27-10-13-8-19(25)26-18-7-12-3-1-2-11(12)6-15(13)18/h4-9H,1-3,10H2. The molecule has 3 aromatic rings. The van der Waals surface area contributed by atoms with Crippen LogP contribution in [-0.4, -0.2) is 0 Å². The highest BCUT2D eigenvalue weighted by atomic mass is 35.5. The summed E-state index contributed by atoms with van der Waals surface area (Å²) in [5.41, 5.74) is 2.42. The van der Waals surface area contributed by atoms with Gasteiger partial charge in [0.1, 0.15) is 5.58 Å². The predicted molar refractivity (Wildman–Crippen MR) is 101 cm³/mol. The van der Waals surface area contributed by atoms with Crippen LogP contribution >= 0.6 is 23.4 Å². The van der Waals surface area contributed by atoms with E-state index in [9.17, 15) is 18.0 Å². The van der Waals surface area contributed by atoms with E-state index in [2.05, 4.69) is 0 Å². The van der Waals surface area contributed by atoms with Gasteiger partial charge in [-0.2, -0.15) is 13.2 Å². The third-order valence-corrected chi connectivity index (χ3v) is 6.05. The SMILES string of the molecule is O=c1cc(CSc2ccc(Cl)c(C(F)(F)F)c2)c2cc3c(cc2o1)CCC3. The van der Waals surface area contributed by atoms with Crippen LogP contribution in [0.4, 0.5) is 13.2 Å². The number of thioether (sulfide) groups is 1. The van der Waals surface area contributed by atoms with Gasteiger partial charge in [0.25, 0.3) is 0 Å². The average molecular weight is 411 g/mol. The molecule has 0 fully saturated rings. The Morgan fingerprint density at radius 3 is 2.56 bits per heavy atom. The third-order valence-electron chi connectivity index (χ3n) is 4.68. The number of rotatable bonds is 3. The highest BCUT2D eigenvalue weighted by molar-refractivity contribution is 7.98. The Kier molecular flexibility index (Phi) is 4.72. The molecule has 1 aliphatic carbocycles. The van der Waals surface area contributed by atoms with Crippen LogP contribution in [-0.2, 0) is 24.8 Å². The van der Waals surface area contributed by atoms with Crippen LogP contribution in [0.25, 0.3) is 11.0 Å². The van der Waals surface area contributed by atoms with Crippen LogP contribution < -0.4 is 5.63 Å². The van der Waals surface area contributed by atoms with E-state index in [0.717, 1.165) is 36.3 Å². The van der Waals surface area contributed by atoms with Crippen LogP contribution in [0.1, 0.15) is 28.7 Å². The molecule has 1 aliphatic rings. The molecular weight excluding hydrogens is 397 g/mol. The third kappa shape index (κ3) is 3.73. The number of hydrogen-bond acceptors (Lipinski definition) is 3. The van der Waals surface area contributed by atoms with E-state index in [0.29, 0.717) is 16.2 Å². The molecule has 0 spiro atoms. The molecule has 4 rings (SSSR count). The molecule has 7 heteroatoms. The Balaban J connectivity index is 1.67. The van der Waals surface area contributed by atoms with Crippen LogP contribution in [0.3, 0.4) is 0 Å². The molecule has 0 bridgehead atoms. The molecule has 0 unspecified atom stereocenters. The van der Waals surface area contributed by atoms with Gasteiger partial charge in [-0.3, -0.25) is 0 Å². The normalized spacial score (nSPS) is 13.9. The number of aryl methyl sites for hydroxylation is 2. The number of benzene rings is 2. The summed E-state index contributed by atoms with van der Waals surface area (Å²) in [6, 6.07) is 9.21. The second-order valence-electron chi connectivity index (χ2n) is 6.49. The van der Waals surface area contributed by atoms with Crippen molar-refractivity contribution in [3.63, 3.8) is 0 Å². The first kappa shape index (κ1) is 18.4. The van der Waals surface area contributed by atoms with Gasteiger partial charge in [0, 0.05) is 22.1 Å². The van der Waals surface area contributed by atoms with Crippen LogP contribution in [0.5, 0.6) is 0 Å². The molecular formula is C20H14ClF3O2S. The zero-order chi connectivity index (χ0) is 19.2. The molecule has 140 valence electrons.